The smallest absolute Gasteiger partial charge is 0.226 e. The molecule has 0 aromatic rings. The van der Waals surface area contributed by atoms with Crippen LogP contribution in [0.4, 0.5) is 0 Å². The summed E-state index contributed by atoms with van der Waals surface area (Å²) in [5.41, 5.74) is -0.129. The Hall–Kier alpha value is -0.650. The van der Waals surface area contributed by atoms with Crippen molar-refractivity contribution in [3.8, 4) is 0 Å². The summed E-state index contributed by atoms with van der Waals surface area (Å²) < 4.78 is 5.32. The van der Waals surface area contributed by atoms with Gasteiger partial charge in [-0.25, -0.2) is 0 Å². The minimum atomic E-state index is -0.129. The molecule has 2 heterocycles. The molecule has 0 bridgehead atoms. The van der Waals surface area contributed by atoms with Gasteiger partial charge in [-0.2, -0.15) is 0 Å². The monoisotopic (exact) mass is 269 g/mol. The van der Waals surface area contributed by atoms with Gasteiger partial charge in [0.05, 0.1) is 18.6 Å². The van der Waals surface area contributed by atoms with E-state index in [2.05, 4.69) is 22.5 Å². The first-order valence-electron chi connectivity index (χ1n) is 7.56. The molecule has 2 aliphatic rings. The number of morpholine rings is 1. The van der Waals surface area contributed by atoms with E-state index >= 15 is 0 Å². The third-order valence-corrected chi connectivity index (χ3v) is 4.54. The Morgan fingerprint density at radius 3 is 2.63 bits per heavy atom. The number of rotatable bonds is 5. The number of nitrogens with one attached hydrogen (secondary N) is 2. The lowest BCUT2D eigenvalue weighted by Gasteiger charge is -2.35. The number of hydrogen-bond acceptors (Lipinski definition) is 4. The molecule has 0 radical (unpaired) electrons. The fraction of sp³-hybridized carbons (Fsp3) is 0.929. The number of hydrogen-bond donors (Lipinski definition) is 2. The first kappa shape index (κ1) is 14.8. The van der Waals surface area contributed by atoms with E-state index in [1.165, 1.54) is 0 Å². The van der Waals surface area contributed by atoms with Crippen LogP contribution in [0.2, 0.25) is 0 Å². The fourth-order valence-electron chi connectivity index (χ4n) is 2.99. The van der Waals surface area contributed by atoms with Gasteiger partial charge in [-0.05, 0) is 32.4 Å². The maximum Gasteiger partial charge on any atom is 0.226 e. The fourth-order valence-corrected chi connectivity index (χ4v) is 2.99. The Labute approximate surface area is 116 Å². The lowest BCUT2D eigenvalue weighted by atomic mass is 9.76. The summed E-state index contributed by atoms with van der Waals surface area (Å²) in [6.45, 7) is 9.36. The predicted octanol–water partition coefficient (Wildman–Crippen LogP) is 0.215. The van der Waals surface area contributed by atoms with Gasteiger partial charge in [0.25, 0.3) is 0 Å². The molecule has 0 spiro atoms. The molecule has 0 aromatic carbocycles. The zero-order valence-corrected chi connectivity index (χ0v) is 12.0. The summed E-state index contributed by atoms with van der Waals surface area (Å²) in [5, 5.41) is 6.48. The minimum Gasteiger partial charge on any atom is -0.379 e. The van der Waals surface area contributed by atoms with Gasteiger partial charge >= 0.3 is 0 Å². The van der Waals surface area contributed by atoms with E-state index in [1.807, 2.05) is 0 Å². The van der Waals surface area contributed by atoms with Crippen LogP contribution in [0.25, 0.3) is 0 Å². The van der Waals surface area contributed by atoms with Crippen LogP contribution in [-0.2, 0) is 9.53 Å². The highest BCUT2D eigenvalue weighted by atomic mass is 16.5. The molecule has 0 atom stereocenters. The Morgan fingerprint density at radius 1 is 1.32 bits per heavy atom. The lowest BCUT2D eigenvalue weighted by Crippen LogP contribution is -2.49. The summed E-state index contributed by atoms with van der Waals surface area (Å²) in [4.78, 5) is 14.8. The van der Waals surface area contributed by atoms with Crippen LogP contribution in [0.3, 0.4) is 0 Å². The van der Waals surface area contributed by atoms with Gasteiger partial charge in [0.2, 0.25) is 5.91 Å². The quantitative estimate of drug-likeness (QED) is 0.749. The summed E-state index contributed by atoms with van der Waals surface area (Å²) in [5.74, 6) is 0.254. The largest absolute Gasteiger partial charge is 0.379 e. The molecule has 1 amide bonds. The van der Waals surface area contributed by atoms with Crippen LogP contribution >= 0.6 is 0 Å². The van der Waals surface area contributed by atoms with Gasteiger partial charge in [-0.1, -0.05) is 6.92 Å². The third-order valence-electron chi connectivity index (χ3n) is 4.54. The van der Waals surface area contributed by atoms with Gasteiger partial charge in [-0.15, -0.1) is 0 Å². The SMILES string of the molecule is CCC1(C(=O)NCCN2CCOCC2)CCNCC1. The van der Waals surface area contributed by atoms with Crippen LogP contribution in [0.1, 0.15) is 26.2 Å². The topological polar surface area (TPSA) is 53.6 Å². The Bertz CT molecular complexity index is 284. The van der Waals surface area contributed by atoms with Gasteiger partial charge < -0.3 is 15.4 Å². The molecule has 2 N–H and O–H groups in total. The highest BCUT2D eigenvalue weighted by Crippen LogP contribution is 2.32. The van der Waals surface area contributed by atoms with Crippen molar-refractivity contribution in [2.45, 2.75) is 26.2 Å². The molecule has 110 valence electrons. The second kappa shape index (κ2) is 7.22. The van der Waals surface area contributed by atoms with E-state index in [4.69, 9.17) is 4.74 Å². The average Bonchev–Trinajstić information content (AvgIpc) is 2.49. The van der Waals surface area contributed by atoms with E-state index in [0.717, 1.165) is 71.7 Å². The van der Waals surface area contributed by atoms with Crippen LogP contribution in [-0.4, -0.2) is 63.3 Å². The molecule has 2 saturated heterocycles. The molecule has 5 heteroatoms. The van der Waals surface area contributed by atoms with Gasteiger partial charge in [0, 0.05) is 26.2 Å². The molecule has 0 aliphatic carbocycles. The summed E-state index contributed by atoms with van der Waals surface area (Å²) in [7, 11) is 0. The zero-order valence-electron chi connectivity index (χ0n) is 12.0. The molecular weight excluding hydrogens is 242 g/mol. The molecule has 5 nitrogen and oxygen atoms in total. The van der Waals surface area contributed by atoms with Crippen LogP contribution in [0.5, 0.6) is 0 Å². The van der Waals surface area contributed by atoms with Crippen molar-refractivity contribution in [2.75, 3.05) is 52.5 Å². The van der Waals surface area contributed by atoms with Gasteiger partial charge in [0.1, 0.15) is 0 Å². The van der Waals surface area contributed by atoms with Crippen LogP contribution in [0, 0.1) is 5.41 Å². The Morgan fingerprint density at radius 2 is 2.00 bits per heavy atom. The lowest BCUT2D eigenvalue weighted by molar-refractivity contribution is -0.132. The number of nitrogens with zero attached hydrogens (tertiary/aromatic N) is 1. The van der Waals surface area contributed by atoms with Crippen molar-refractivity contribution in [1.82, 2.24) is 15.5 Å². The molecule has 2 rings (SSSR count). The normalized spacial score (nSPS) is 24.1. The van der Waals surface area contributed by atoms with Crippen LogP contribution < -0.4 is 10.6 Å². The van der Waals surface area contributed by atoms with Crippen molar-refractivity contribution in [3.63, 3.8) is 0 Å². The van der Waals surface area contributed by atoms with Crippen molar-refractivity contribution >= 4 is 5.91 Å². The standard InChI is InChI=1S/C14H27N3O2/c1-2-14(3-5-15-6-4-14)13(18)16-7-8-17-9-11-19-12-10-17/h15H,2-12H2,1H3,(H,16,18). The van der Waals surface area contributed by atoms with Gasteiger partial charge in [0.15, 0.2) is 0 Å². The third kappa shape index (κ3) is 3.91. The molecule has 2 fully saturated rings. The van der Waals surface area contributed by atoms with E-state index < -0.39 is 0 Å². The van der Waals surface area contributed by atoms with Crippen LogP contribution in [0.15, 0.2) is 0 Å². The number of ether oxygens (including phenoxy) is 1. The van der Waals surface area contributed by atoms with Gasteiger partial charge in [-0.3, -0.25) is 9.69 Å². The Balaban J connectivity index is 1.73. The second-order valence-electron chi connectivity index (χ2n) is 5.59. The minimum absolute atomic E-state index is 0.129. The summed E-state index contributed by atoms with van der Waals surface area (Å²) >= 11 is 0. The summed E-state index contributed by atoms with van der Waals surface area (Å²) in [6.07, 6.45) is 2.87. The summed E-state index contributed by atoms with van der Waals surface area (Å²) in [6, 6.07) is 0. The zero-order chi connectivity index (χ0) is 13.6. The predicted molar refractivity (Wildman–Crippen MR) is 75.1 cm³/mol. The van der Waals surface area contributed by atoms with Crippen molar-refractivity contribution in [2.24, 2.45) is 5.41 Å². The molecule has 2 aliphatic heterocycles. The Kier molecular flexibility index (Phi) is 5.60. The highest BCUT2D eigenvalue weighted by molar-refractivity contribution is 5.82. The molecule has 0 saturated carbocycles. The molecule has 19 heavy (non-hydrogen) atoms. The maximum absolute atomic E-state index is 12.4. The molecule has 0 unspecified atom stereocenters. The maximum atomic E-state index is 12.4. The van der Waals surface area contributed by atoms with E-state index in [1.54, 1.807) is 0 Å². The van der Waals surface area contributed by atoms with Crippen molar-refractivity contribution in [1.29, 1.82) is 0 Å². The second-order valence-corrected chi connectivity index (χ2v) is 5.59. The van der Waals surface area contributed by atoms with E-state index in [0.29, 0.717) is 0 Å². The number of carbonyl (C=O) groups is 1. The van der Waals surface area contributed by atoms with Crippen molar-refractivity contribution < 1.29 is 9.53 Å². The molecular formula is C14H27N3O2. The first-order valence-corrected chi connectivity index (χ1v) is 7.56. The number of piperidine rings is 1. The highest BCUT2D eigenvalue weighted by Gasteiger charge is 2.37. The van der Waals surface area contributed by atoms with E-state index in [9.17, 15) is 4.79 Å². The first-order chi connectivity index (χ1) is 9.27. The average molecular weight is 269 g/mol. The van der Waals surface area contributed by atoms with E-state index in [-0.39, 0.29) is 11.3 Å². The van der Waals surface area contributed by atoms with Crippen molar-refractivity contribution in [3.05, 3.63) is 0 Å². The number of amides is 1. The molecule has 0 aromatic heterocycles. The number of carbonyl (C=O) groups excluding carboxylic acids is 1.